The minimum absolute atomic E-state index is 0.856. The highest BCUT2D eigenvalue weighted by Crippen LogP contribution is 2.06. The van der Waals surface area contributed by atoms with E-state index in [1.807, 2.05) is 18.6 Å². The molecule has 0 radical (unpaired) electrons. The molecule has 0 amide bonds. The van der Waals surface area contributed by atoms with Gasteiger partial charge in [0.2, 0.25) is 0 Å². The SMILES string of the molecule is Cn1nncc1NCCc1nccs1. The van der Waals surface area contributed by atoms with Crippen molar-refractivity contribution in [2.75, 3.05) is 11.9 Å². The summed E-state index contributed by atoms with van der Waals surface area (Å²) in [5.41, 5.74) is 0. The van der Waals surface area contributed by atoms with Crippen molar-refractivity contribution in [3.05, 3.63) is 22.8 Å². The first-order valence-electron chi connectivity index (χ1n) is 4.33. The van der Waals surface area contributed by atoms with Gasteiger partial charge in [-0.05, 0) is 0 Å². The molecule has 1 N–H and O–H groups in total. The van der Waals surface area contributed by atoms with Crippen molar-refractivity contribution in [1.29, 1.82) is 0 Å². The number of rotatable bonds is 4. The molecule has 0 aromatic carbocycles. The maximum atomic E-state index is 4.20. The van der Waals surface area contributed by atoms with Crippen LogP contribution in [0.15, 0.2) is 17.8 Å². The molecule has 74 valence electrons. The Morgan fingerprint density at radius 3 is 3.14 bits per heavy atom. The zero-order valence-corrected chi connectivity index (χ0v) is 8.66. The van der Waals surface area contributed by atoms with Crippen molar-refractivity contribution < 1.29 is 0 Å². The Morgan fingerprint density at radius 2 is 2.50 bits per heavy atom. The Balaban J connectivity index is 1.81. The van der Waals surface area contributed by atoms with Crippen LogP contribution in [0.4, 0.5) is 5.82 Å². The summed E-state index contributed by atoms with van der Waals surface area (Å²) in [5, 5.41) is 14.0. The molecule has 6 heteroatoms. The van der Waals surface area contributed by atoms with Gasteiger partial charge < -0.3 is 5.32 Å². The molecular formula is C8H11N5S. The van der Waals surface area contributed by atoms with E-state index in [1.54, 1.807) is 22.2 Å². The molecule has 0 unspecified atom stereocenters. The minimum Gasteiger partial charge on any atom is -0.369 e. The van der Waals surface area contributed by atoms with Gasteiger partial charge in [0.1, 0.15) is 5.82 Å². The first kappa shape index (κ1) is 9.14. The molecule has 2 aromatic heterocycles. The fourth-order valence-electron chi connectivity index (χ4n) is 1.12. The fraction of sp³-hybridized carbons (Fsp3) is 0.375. The normalized spacial score (nSPS) is 10.4. The van der Waals surface area contributed by atoms with Crippen LogP contribution in [0, 0.1) is 0 Å². The Morgan fingerprint density at radius 1 is 1.57 bits per heavy atom. The van der Waals surface area contributed by atoms with E-state index in [0.717, 1.165) is 23.8 Å². The van der Waals surface area contributed by atoms with E-state index in [1.165, 1.54) is 0 Å². The predicted molar refractivity (Wildman–Crippen MR) is 55.3 cm³/mol. The standard InChI is InChI=1S/C8H11N5S/c1-13-7(6-11-12-13)9-3-2-8-10-4-5-14-8/h4-6,9H,2-3H2,1H3. The number of aryl methyl sites for hydroxylation is 1. The van der Waals surface area contributed by atoms with Gasteiger partial charge in [-0.2, -0.15) is 0 Å². The maximum Gasteiger partial charge on any atom is 0.144 e. The van der Waals surface area contributed by atoms with Crippen LogP contribution in [-0.4, -0.2) is 26.5 Å². The molecule has 5 nitrogen and oxygen atoms in total. The average Bonchev–Trinajstić information content (AvgIpc) is 2.78. The summed E-state index contributed by atoms with van der Waals surface area (Å²) in [6.45, 7) is 0.856. The van der Waals surface area contributed by atoms with E-state index in [4.69, 9.17) is 0 Å². The van der Waals surface area contributed by atoms with Crippen LogP contribution in [0.1, 0.15) is 5.01 Å². The van der Waals surface area contributed by atoms with E-state index >= 15 is 0 Å². The third kappa shape index (κ3) is 2.08. The number of hydrogen-bond acceptors (Lipinski definition) is 5. The summed E-state index contributed by atoms with van der Waals surface area (Å²) in [7, 11) is 1.86. The Kier molecular flexibility index (Phi) is 2.73. The Labute approximate surface area is 85.8 Å². The number of thiazole rings is 1. The summed E-state index contributed by atoms with van der Waals surface area (Å²) >= 11 is 1.68. The molecule has 2 rings (SSSR count). The van der Waals surface area contributed by atoms with Gasteiger partial charge in [-0.15, -0.1) is 16.4 Å². The van der Waals surface area contributed by atoms with Gasteiger partial charge in [0, 0.05) is 31.6 Å². The van der Waals surface area contributed by atoms with Crippen molar-refractivity contribution in [3.63, 3.8) is 0 Å². The van der Waals surface area contributed by atoms with Gasteiger partial charge in [0.05, 0.1) is 11.2 Å². The summed E-state index contributed by atoms with van der Waals surface area (Å²) in [6.07, 6.45) is 4.47. The monoisotopic (exact) mass is 209 g/mol. The number of hydrogen-bond donors (Lipinski definition) is 1. The first-order chi connectivity index (χ1) is 6.86. The van der Waals surface area contributed by atoms with Gasteiger partial charge in [-0.25, -0.2) is 9.67 Å². The molecule has 0 bridgehead atoms. The molecule has 0 aliphatic rings. The lowest BCUT2D eigenvalue weighted by Crippen LogP contribution is -2.08. The van der Waals surface area contributed by atoms with Crippen molar-refractivity contribution >= 4 is 17.2 Å². The third-order valence-electron chi connectivity index (χ3n) is 1.84. The predicted octanol–water partition coefficient (Wildman–Crippen LogP) is 0.926. The largest absolute Gasteiger partial charge is 0.369 e. The van der Waals surface area contributed by atoms with Gasteiger partial charge in [-0.1, -0.05) is 5.21 Å². The average molecular weight is 209 g/mol. The van der Waals surface area contributed by atoms with Crippen molar-refractivity contribution in [2.45, 2.75) is 6.42 Å². The first-order valence-corrected chi connectivity index (χ1v) is 5.21. The second-order valence-corrected chi connectivity index (χ2v) is 3.82. The van der Waals surface area contributed by atoms with E-state index in [9.17, 15) is 0 Å². The van der Waals surface area contributed by atoms with Crippen LogP contribution < -0.4 is 5.32 Å². The molecule has 2 aromatic rings. The lowest BCUT2D eigenvalue weighted by molar-refractivity contribution is 0.716. The van der Waals surface area contributed by atoms with Crippen LogP contribution in [0.2, 0.25) is 0 Å². The summed E-state index contributed by atoms with van der Waals surface area (Å²) in [6, 6.07) is 0. The topological polar surface area (TPSA) is 55.6 Å². The van der Waals surface area contributed by atoms with Crippen LogP contribution in [0.25, 0.3) is 0 Å². The van der Waals surface area contributed by atoms with Gasteiger partial charge in [0.15, 0.2) is 0 Å². The van der Waals surface area contributed by atoms with E-state index in [-0.39, 0.29) is 0 Å². The number of anilines is 1. The van der Waals surface area contributed by atoms with Crippen LogP contribution in [-0.2, 0) is 13.5 Å². The van der Waals surface area contributed by atoms with E-state index < -0.39 is 0 Å². The zero-order chi connectivity index (χ0) is 9.80. The third-order valence-corrected chi connectivity index (χ3v) is 2.68. The molecule has 2 heterocycles. The van der Waals surface area contributed by atoms with Crippen molar-refractivity contribution in [2.24, 2.45) is 7.05 Å². The van der Waals surface area contributed by atoms with E-state index in [2.05, 4.69) is 20.6 Å². The quantitative estimate of drug-likeness (QED) is 0.813. The highest BCUT2D eigenvalue weighted by molar-refractivity contribution is 7.09. The highest BCUT2D eigenvalue weighted by atomic mass is 32.1. The Hall–Kier alpha value is -1.43. The van der Waals surface area contributed by atoms with Gasteiger partial charge in [-0.3, -0.25) is 0 Å². The second kappa shape index (κ2) is 4.19. The fourth-order valence-corrected chi connectivity index (χ4v) is 1.74. The Bertz CT molecular complexity index is 380. The molecule has 0 spiro atoms. The molecule has 14 heavy (non-hydrogen) atoms. The van der Waals surface area contributed by atoms with E-state index in [0.29, 0.717) is 0 Å². The summed E-state index contributed by atoms with van der Waals surface area (Å²) in [4.78, 5) is 4.20. The molecule has 0 saturated heterocycles. The molecule has 0 saturated carbocycles. The lowest BCUT2D eigenvalue weighted by Gasteiger charge is -2.02. The lowest BCUT2D eigenvalue weighted by atomic mass is 10.4. The van der Waals surface area contributed by atoms with Gasteiger partial charge >= 0.3 is 0 Å². The van der Waals surface area contributed by atoms with Crippen molar-refractivity contribution in [1.82, 2.24) is 20.0 Å². The minimum atomic E-state index is 0.856. The van der Waals surface area contributed by atoms with Crippen molar-refractivity contribution in [3.8, 4) is 0 Å². The molecule has 0 aliphatic heterocycles. The summed E-state index contributed by atoms with van der Waals surface area (Å²) in [5.74, 6) is 0.932. The van der Waals surface area contributed by atoms with Crippen LogP contribution in [0.5, 0.6) is 0 Å². The molecule has 0 aliphatic carbocycles. The number of nitrogens with zero attached hydrogens (tertiary/aromatic N) is 4. The molecule has 0 fully saturated rings. The smallest absolute Gasteiger partial charge is 0.144 e. The molecule has 0 atom stereocenters. The zero-order valence-electron chi connectivity index (χ0n) is 7.84. The van der Waals surface area contributed by atoms with Gasteiger partial charge in [0.25, 0.3) is 0 Å². The molecular weight excluding hydrogens is 198 g/mol. The van der Waals surface area contributed by atoms with Crippen LogP contribution in [0.3, 0.4) is 0 Å². The summed E-state index contributed by atoms with van der Waals surface area (Å²) < 4.78 is 1.71. The van der Waals surface area contributed by atoms with Crippen LogP contribution >= 0.6 is 11.3 Å². The number of nitrogens with one attached hydrogen (secondary N) is 1. The second-order valence-electron chi connectivity index (χ2n) is 2.85. The number of aromatic nitrogens is 4. The maximum absolute atomic E-state index is 4.20. The highest BCUT2D eigenvalue weighted by Gasteiger charge is 1.99.